The van der Waals surface area contributed by atoms with Crippen LogP contribution < -0.4 is 14.8 Å². The molecule has 1 atom stereocenters. The summed E-state index contributed by atoms with van der Waals surface area (Å²) in [6, 6.07) is 12.4. The van der Waals surface area contributed by atoms with E-state index in [1.165, 1.54) is 12.1 Å². The van der Waals surface area contributed by atoms with Crippen molar-refractivity contribution < 1.29 is 23.1 Å². The van der Waals surface area contributed by atoms with E-state index in [1.54, 1.807) is 36.4 Å². The van der Waals surface area contributed by atoms with Gasteiger partial charge >= 0.3 is 5.97 Å². The molecule has 2 rings (SSSR count). The fourth-order valence-corrected chi connectivity index (χ4v) is 4.40. The Hall–Kier alpha value is -2.01. The first-order chi connectivity index (χ1) is 14.2. The lowest BCUT2D eigenvalue weighted by atomic mass is 10.1. The zero-order valence-electron chi connectivity index (χ0n) is 16.3. The first kappa shape index (κ1) is 24.3. The molecule has 30 heavy (non-hydrogen) atoms. The Morgan fingerprint density at radius 2 is 1.80 bits per heavy atom. The Bertz CT molecular complexity index is 964. The molecule has 0 saturated carbocycles. The van der Waals surface area contributed by atoms with Gasteiger partial charge in [0, 0.05) is 10.2 Å². The van der Waals surface area contributed by atoms with Crippen LogP contribution in [0.5, 0.6) is 5.75 Å². The number of sulfonamides is 1. The van der Waals surface area contributed by atoms with E-state index in [2.05, 4.69) is 26.0 Å². The number of unbranched alkanes of at least 4 members (excludes halogenated alkanes) is 1. The minimum atomic E-state index is -3.74. The molecule has 0 bridgehead atoms. The Labute approximate surface area is 190 Å². The highest BCUT2D eigenvalue weighted by molar-refractivity contribution is 9.10. The number of nitrogens with one attached hydrogen (secondary N) is 2. The fraction of sp³-hybridized carbons (Fsp3) is 0.300. The maximum atomic E-state index is 12.8. The van der Waals surface area contributed by atoms with Gasteiger partial charge in [-0.1, -0.05) is 47.9 Å². The van der Waals surface area contributed by atoms with Gasteiger partial charge in [-0.3, -0.25) is 0 Å². The number of rotatable bonds is 11. The molecule has 0 aliphatic heterocycles. The summed E-state index contributed by atoms with van der Waals surface area (Å²) in [6.07, 6.45) is 2.25. The zero-order chi connectivity index (χ0) is 22.1. The maximum absolute atomic E-state index is 12.8. The summed E-state index contributed by atoms with van der Waals surface area (Å²) in [4.78, 5) is 11.1. The number of aliphatic carboxylic acids is 1. The van der Waals surface area contributed by atoms with Crippen molar-refractivity contribution in [2.24, 2.45) is 0 Å². The number of ether oxygens (including phenoxy) is 1. The fourth-order valence-electron chi connectivity index (χ4n) is 2.53. The van der Waals surface area contributed by atoms with E-state index < -0.39 is 28.6 Å². The number of anilines is 1. The highest BCUT2D eigenvalue weighted by Gasteiger charge is 2.23. The molecule has 0 aliphatic carbocycles. The Morgan fingerprint density at radius 1 is 1.17 bits per heavy atom. The van der Waals surface area contributed by atoms with Gasteiger partial charge in [-0.25, -0.2) is 17.9 Å². The molecule has 0 fully saturated rings. The van der Waals surface area contributed by atoms with Crippen LogP contribution in [-0.4, -0.2) is 37.1 Å². The lowest BCUT2D eigenvalue weighted by molar-refractivity contribution is -0.139. The van der Waals surface area contributed by atoms with Gasteiger partial charge in [0.1, 0.15) is 5.75 Å². The van der Waals surface area contributed by atoms with Crippen molar-refractivity contribution in [2.45, 2.75) is 37.1 Å². The molecule has 2 aromatic rings. The van der Waals surface area contributed by atoms with Crippen molar-refractivity contribution in [3.05, 3.63) is 53.0 Å². The van der Waals surface area contributed by atoms with E-state index in [9.17, 15) is 13.2 Å². The number of carboxylic acid groups (broad SMARTS) is 1. The highest BCUT2D eigenvalue weighted by Crippen LogP contribution is 2.19. The van der Waals surface area contributed by atoms with E-state index in [1.807, 2.05) is 6.92 Å². The summed E-state index contributed by atoms with van der Waals surface area (Å²) in [5, 5.41) is 11.7. The monoisotopic (exact) mass is 514 g/mol. The summed E-state index contributed by atoms with van der Waals surface area (Å²) in [6.45, 7) is 1.59. The van der Waals surface area contributed by atoms with Gasteiger partial charge < -0.3 is 15.2 Å². The summed E-state index contributed by atoms with van der Waals surface area (Å²) in [7, 11) is -3.74. The average Bonchev–Trinajstić information content (AvgIpc) is 2.70. The molecule has 0 aromatic heterocycles. The van der Waals surface area contributed by atoms with E-state index in [-0.39, 0.29) is 4.90 Å². The van der Waals surface area contributed by atoms with Crippen LogP contribution in [0.3, 0.4) is 0 Å². The van der Waals surface area contributed by atoms with Crippen LogP contribution in [0.25, 0.3) is 0 Å². The van der Waals surface area contributed by atoms with Crippen LogP contribution in [-0.2, 0) is 14.8 Å². The second kappa shape index (κ2) is 11.4. The minimum absolute atomic E-state index is 0.162. The molecular formula is C20H23BrN2O5S2. The molecule has 10 heteroatoms. The van der Waals surface area contributed by atoms with Crippen LogP contribution >= 0.6 is 28.1 Å². The molecule has 162 valence electrons. The smallest absolute Gasteiger partial charge is 0.341 e. The van der Waals surface area contributed by atoms with E-state index in [0.717, 1.165) is 17.3 Å². The number of carboxylic acids is 1. The van der Waals surface area contributed by atoms with Crippen molar-refractivity contribution in [1.82, 2.24) is 4.72 Å². The van der Waals surface area contributed by atoms with E-state index in [4.69, 9.17) is 22.1 Å². The lowest BCUT2D eigenvalue weighted by Crippen LogP contribution is -2.42. The predicted octanol–water partition coefficient (Wildman–Crippen LogP) is 4.19. The van der Waals surface area contributed by atoms with Crippen LogP contribution in [0.4, 0.5) is 5.69 Å². The van der Waals surface area contributed by atoms with Gasteiger partial charge in [0.2, 0.25) is 10.0 Å². The van der Waals surface area contributed by atoms with E-state index in [0.29, 0.717) is 22.8 Å². The van der Waals surface area contributed by atoms with Gasteiger partial charge in [0.25, 0.3) is 0 Å². The number of thiocarbonyl (C=S) groups is 1. The molecule has 0 radical (unpaired) electrons. The van der Waals surface area contributed by atoms with Crippen molar-refractivity contribution in [2.75, 3.05) is 11.9 Å². The van der Waals surface area contributed by atoms with Gasteiger partial charge in [-0.2, -0.15) is 0 Å². The first-order valence-electron chi connectivity index (χ1n) is 9.24. The van der Waals surface area contributed by atoms with Gasteiger partial charge in [-0.15, -0.1) is 0 Å². The second-order valence-corrected chi connectivity index (χ2v) is 9.54. The number of benzene rings is 2. The van der Waals surface area contributed by atoms with Crippen LogP contribution in [0, 0.1) is 0 Å². The zero-order valence-corrected chi connectivity index (χ0v) is 19.5. The number of hydrogen-bond acceptors (Lipinski definition) is 5. The molecule has 3 N–H and O–H groups in total. The number of halogens is 1. The molecule has 0 amide bonds. The topological polar surface area (TPSA) is 105 Å². The summed E-state index contributed by atoms with van der Waals surface area (Å²) >= 11 is 8.77. The molecule has 0 spiro atoms. The number of hydrogen-bond donors (Lipinski definition) is 3. The van der Waals surface area contributed by atoms with Crippen LogP contribution in [0.15, 0.2) is 57.9 Å². The third kappa shape index (κ3) is 7.67. The minimum Gasteiger partial charge on any atom is -0.482 e. The molecular weight excluding hydrogens is 492 g/mol. The van der Waals surface area contributed by atoms with Crippen LogP contribution in [0.1, 0.15) is 26.2 Å². The second-order valence-electron chi connectivity index (χ2n) is 6.47. The lowest BCUT2D eigenvalue weighted by Gasteiger charge is -2.21. The molecule has 0 saturated heterocycles. The Balaban J connectivity index is 2.09. The molecule has 0 unspecified atom stereocenters. The van der Waals surface area contributed by atoms with Crippen molar-refractivity contribution in [1.29, 1.82) is 0 Å². The van der Waals surface area contributed by atoms with Crippen molar-refractivity contribution in [3.8, 4) is 5.75 Å². The maximum Gasteiger partial charge on any atom is 0.341 e. The summed E-state index contributed by atoms with van der Waals surface area (Å²) < 4.78 is 34.1. The Morgan fingerprint density at radius 3 is 2.37 bits per heavy atom. The standard InChI is InChI=1S/C20H23BrN2O5S2/c1-2-3-4-18(23-30(26,27)17-11-5-14(21)6-12-17)20(29)22-15-7-9-16(10-8-15)28-13-19(24)25/h5-12,18,23H,2-4,13H2,1H3,(H,22,29)(H,24,25)/t18-/m0/s1. The molecule has 0 aliphatic rings. The van der Waals surface area contributed by atoms with Crippen molar-refractivity contribution in [3.63, 3.8) is 0 Å². The number of carbonyl (C=O) groups is 1. The predicted molar refractivity (Wildman–Crippen MR) is 124 cm³/mol. The molecule has 2 aromatic carbocycles. The largest absolute Gasteiger partial charge is 0.482 e. The summed E-state index contributed by atoms with van der Waals surface area (Å²) in [5.41, 5.74) is 0.645. The third-order valence-electron chi connectivity index (χ3n) is 4.07. The normalized spacial score (nSPS) is 12.2. The highest BCUT2D eigenvalue weighted by atomic mass is 79.9. The first-order valence-corrected chi connectivity index (χ1v) is 11.9. The SMILES string of the molecule is CCCC[C@H](NS(=O)(=O)c1ccc(Br)cc1)C(=S)Nc1ccc(OCC(=O)O)cc1. The van der Waals surface area contributed by atoms with Gasteiger partial charge in [0.15, 0.2) is 6.61 Å². The molecule has 0 heterocycles. The van der Waals surface area contributed by atoms with Crippen molar-refractivity contribution >= 4 is 54.8 Å². The third-order valence-corrected chi connectivity index (χ3v) is 6.47. The van der Waals surface area contributed by atoms with E-state index >= 15 is 0 Å². The average molecular weight is 515 g/mol. The quantitative estimate of drug-likeness (QED) is 0.386. The molecule has 7 nitrogen and oxygen atoms in total. The van der Waals surface area contributed by atoms with Crippen LogP contribution in [0.2, 0.25) is 0 Å². The van der Waals surface area contributed by atoms with Gasteiger partial charge in [-0.05, 0) is 55.0 Å². The van der Waals surface area contributed by atoms with Gasteiger partial charge in [0.05, 0.1) is 15.9 Å². The Kier molecular flexibility index (Phi) is 9.22. The summed E-state index contributed by atoms with van der Waals surface area (Å²) in [5.74, 6) is -0.650.